The van der Waals surface area contributed by atoms with E-state index in [1.165, 1.54) is 0 Å². The van der Waals surface area contributed by atoms with Crippen LogP contribution in [0.3, 0.4) is 0 Å². The Labute approximate surface area is 98.3 Å². The van der Waals surface area contributed by atoms with Gasteiger partial charge in [0.2, 0.25) is 0 Å². The molecule has 0 radical (unpaired) electrons. The van der Waals surface area contributed by atoms with Gasteiger partial charge in [-0.2, -0.15) is 0 Å². The third-order valence-electron chi connectivity index (χ3n) is 2.34. The van der Waals surface area contributed by atoms with Crippen molar-refractivity contribution < 1.29 is 49.1 Å². The molecule has 0 aromatic heterocycles. The minimum absolute atomic E-state index is 1.00. The molecule has 0 atom stereocenters. The zero-order valence-corrected chi connectivity index (χ0v) is 8.65. The van der Waals surface area contributed by atoms with E-state index in [1.54, 1.807) is 0 Å². The van der Waals surface area contributed by atoms with E-state index in [9.17, 15) is 19.2 Å². The molecule has 0 amide bonds. The van der Waals surface area contributed by atoms with E-state index in [0.717, 1.165) is 0 Å². The summed E-state index contributed by atoms with van der Waals surface area (Å²) in [6, 6.07) is 0. The Morgan fingerprint density at radius 2 is 1.00 bits per heavy atom. The van der Waals surface area contributed by atoms with Gasteiger partial charge in [0.1, 0.15) is 0 Å². The maximum atomic E-state index is 10.9. The molecule has 1 aliphatic heterocycles. The standard InChI is InChI=1S/C8H8O10/c9-3(10)7(4(11)12)1-17-2-8(18-7,5(13)14)6(15)16/h1-2H2,(H,9,10)(H,11,12)(H,13,14)(H,15,16). The lowest BCUT2D eigenvalue weighted by atomic mass is 9.98. The lowest BCUT2D eigenvalue weighted by Crippen LogP contribution is -2.68. The van der Waals surface area contributed by atoms with Gasteiger partial charge in [-0.05, 0) is 0 Å². The molecule has 1 fully saturated rings. The molecule has 0 bridgehead atoms. The Hall–Kier alpha value is -2.20. The highest BCUT2D eigenvalue weighted by Gasteiger charge is 2.64. The first-order valence-electron chi connectivity index (χ1n) is 4.40. The minimum Gasteiger partial charge on any atom is -0.479 e. The van der Waals surface area contributed by atoms with E-state index in [0.29, 0.717) is 0 Å². The number of carboxylic acids is 4. The molecule has 0 spiro atoms. The van der Waals surface area contributed by atoms with Gasteiger partial charge in [-0.25, -0.2) is 19.2 Å². The minimum atomic E-state index is -3.07. The Kier molecular flexibility index (Phi) is 3.26. The molecule has 1 heterocycles. The van der Waals surface area contributed by atoms with Crippen molar-refractivity contribution in [1.82, 2.24) is 0 Å². The van der Waals surface area contributed by atoms with Gasteiger partial charge in [-0.1, -0.05) is 0 Å². The summed E-state index contributed by atoms with van der Waals surface area (Å²) in [4.78, 5) is 43.5. The van der Waals surface area contributed by atoms with Crippen LogP contribution >= 0.6 is 0 Å². The SMILES string of the molecule is O=C(O)C1(C(=O)O)COCC(C(=O)O)(C(=O)O)O1. The smallest absolute Gasteiger partial charge is 0.350 e. The molecule has 0 aromatic carbocycles. The van der Waals surface area contributed by atoms with Gasteiger partial charge >= 0.3 is 23.9 Å². The Bertz CT molecular complexity index is 358. The van der Waals surface area contributed by atoms with E-state index in [2.05, 4.69) is 9.47 Å². The van der Waals surface area contributed by atoms with Crippen LogP contribution in [0.1, 0.15) is 0 Å². The summed E-state index contributed by atoms with van der Waals surface area (Å²) in [5, 5.41) is 35.1. The Balaban J connectivity index is 3.30. The maximum Gasteiger partial charge on any atom is 0.350 e. The summed E-state index contributed by atoms with van der Waals surface area (Å²) in [6.07, 6.45) is 0. The molecule has 0 aliphatic carbocycles. The number of carbonyl (C=O) groups is 4. The van der Waals surface area contributed by atoms with Crippen molar-refractivity contribution in [1.29, 1.82) is 0 Å². The van der Waals surface area contributed by atoms with Crippen molar-refractivity contribution in [3.8, 4) is 0 Å². The zero-order chi connectivity index (χ0) is 14.1. The second-order valence-corrected chi connectivity index (χ2v) is 3.47. The van der Waals surface area contributed by atoms with Gasteiger partial charge in [0, 0.05) is 0 Å². The number of ether oxygens (including phenoxy) is 2. The van der Waals surface area contributed by atoms with Crippen LogP contribution in [0.2, 0.25) is 0 Å². The normalized spacial score (nSPS) is 20.9. The number of rotatable bonds is 4. The first-order valence-corrected chi connectivity index (χ1v) is 4.40. The maximum absolute atomic E-state index is 10.9. The van der Waals surface area contributed by atoms with Crippen LogP contribution in [-0.2, 0) is 28.7 Å². The van der Waals surface area contributed by atoms with Crippen LogP contribution in [0, 0.1) is 0 Å². The second kappa shape index (κ2) is 4.23. The fourth-order valence-electron chi connectivity index (χ4n) is 1.30. The summed E-state index contributed by atoms with van der Waals surface area (Å²) in [6.45, 7) is -2.00. The second-order valence-electron chi connectivity index (χ2n) is 3.47. The predicted molar refractivity (Wildman–Crippen MR) is 47.9 cm³/mol. The van der Waals surface area contributed by atoms with E-state index < -0.39 is 48.3 Å². The molecule has 1 saturated heterocycles. The van der Waals surface area contributed by atoms with Crippen molar-refractivity contribution >= 4 is 23.9 Å². The molecule has 0 saturated carbocycles. The Morgan fingerprint density at radius 1 is 0.722 bits per heavy atom. The quantitative estimate of drug-likeness (QED) is 0.410. The fourth-order valence-corrected chi connectivity index (χ4v) is 1.30. The van der Waals surface area contributed by atoms with E-state index in [1.807, 2.05) is 0 Å². The van der Waals surface area contributed by atoms with Crippen LogP contribution in [0.4, 0.5) is 0 Å². The number of carboxylic acid groups (broad SMARTS) is 4. The molecule has 4 N–H and O–H groups in total. The van der Waals surface area contributed by atoms with Gasteiger partial charge in [0.05, 0.1) is 13.2 Å². The van der Waals surface area contributed by atoms with Crippen molar-refractivity contribution in [3.05, 3.63) is 0 Å². The highest BCUT2D eigenvalue weighted by Crippen LogP contribution is 2.29. The molecule has 18 heavy (non-hydrogen) atoms. The summed E-state index contributed by atoms with van der Waals surface area (Å²) < 4.78 is 8.88. The topological polar surface area (TPSA) is 168 Å². The molecule has 0 aromatic rings. The number of hydrogen-bond donors (Lipinski definition) is 4. The number of aliphatic carboxylic acids is 4. The molecular weight excluding hydrogens is 256 g/mol. The predicted octanol–water partition coefficient (Wildman–Crippen LogP) is -2.15. The summed E-state index contributed by atoms with van der Waals surface area (Å²) in [7, 11) is 0. The van der Waals surface area contributed by atoms with E-state index in [4.69, 9.17) is 20.4 Å². The van der Waals surface area contributed by atoms with Crippen LogP contribution in [0.25, 0.3) is 0 Å². The van der Waals surface area contributed by atoms with Gasteiger partial charge in [-0.15, -0.1) is 0 Å². The van der Waals surface area contributed by atoms with Gasteiger partial charge < -0.3 is 29.9 Å². The van der Waals surface area contributed by atoms with Crippen LogP contribution in [0.5, 0.6) is 0 Å². The molecule has 1 rings (SSSR count). The molecule has 1 aliphatic rings. The molecule has 10 nitrogen and oxygen atoms in total. The summed E-state index contributed by atoms with van der Waals surface area (Å²) in [5.74, 6) is -8.22. The molecular formula is C8H8O10. The van der Waals surface area contributed by atoms with E-state index >= 15 is 0 Å². The molecule has 0 unspecified atom stereocenters. The van der Waals surface area contributed by atoms with Crippen LogP contribution in [-0.4, -0.2) is 68.7 Å². The lowest BCUT2D eigenvalue weighted by Gasteiger charge is -2.38. The first kappa shape index (κ1) is 13.9. The lowest BCUT2D eigenvalue weighted by molar-refractivity contribution is -0.254. The third kappa shape index (κ3) is 1.76. The monoisotopic (exact) mass is 264 g/mol. The average Bonchev–Trinajstić information content (AvgIpc) is 2.27. The Morgan fingerprint density at radius 3 is 1.22 bits per heavy atom. The largest absolute Gasteiger partial charge is 0.479 e. The first-order chi connectivity index (χ1) is 8.19. The van der Waals surface area contributed by atoms with E-state index in [-0.39, 0.29) is 0 Å². The zero-order valence-electron chi connectivity index (χ0n) is 8.65. The van der Waals surface area contributed by atoms with Crippen LogP contribution in [0.15, 0.2) is 0 Å². The summed E-state index contributed by atoms with van der Waals surface area (Å²) in [5.41, 5.74) is -6.15. The highest BCUT2D eigenvalue weighted by molar-refractivity contribution is 6.06. The third-order valence-corrected chi connectivity index (χ3v) is 2.34. The van der Waals surface area contributed by atoms with Crippen LogP contribution < -0.4 is 0 Å². The fraction of sp³-hybridized carbons (Fsp3) is 0.500. The molecule has 100 valence electrons. The van der Waals surface area contributed by atoms with Crippen molar-refractivity contribution in [2.75, 3.05) is 13.2 Å². The molecule has 10 heteroatoms. The van der Waals surface area contributed by atoms with Gasteiger partial charge in [-0.3, -0.25) is 0 Å². The average molecular weight is 264 g/mol. The van der Waals surface area contributed by atoms with Gasteiger partial charge in [0.25, 0.3) is 11.2 Å². The summed E-state index contributed by atoms with van der Waals surface area (Å²) >= 11 is 0. The van der Waals surface area contributed by atoms with Crippen molar-refractivity contribution in [2.24, 2.45) is 0 Å². The highest BCUT2D eigenvalue weighted by atomic mass is 16.7. The van der Waals surface area contributed by atoms with Crippen molar-refractivity contribution in [2.45, 2.75) is 11.2 Å². The number of hydrogen-bond acceptors (Lipinski definition) is 6. The van der Waals surface area contributed by atoms with Gasteiger partial charge in [0.15, 0.2) is 0 Å². The van der Waals surface area contributed by atoms with Crippen molar-refractivity contribution in [3.63, 3.8) is 0 Å².